The van der Waals surface area contributed by atoms with Gasteiger partial charge in [0.05, 0.1) is 6.04 Å². The Balaban J connectivity index is 0.886. The fourth-order valence-corrected chi connectivity index (χ4v) is 19.0. The molecule has 0 aliphatic heterocycles. The quantitative estimate of drug-likeness (QED) is 0.150. The molecule has 6 aliphatic carbocycles. The maximum Gasteiger partial charge on any atom is 0.0566 e. The molecule has 13 aromatic rings. The third-order valence-electron chi connectivity index (χ3n) is 23.9. The summed E-state index contributed by atoms with van der Waals surface area (Å²) < 4.78 is 0. The molecule has 0 bridgehead atoms. The first-order valence-electron chi connectivity index (χ1n) is 34.8. The average Bonchev–Trinajstić information content (AvgIpc) is 1.17. The van der Waals surface area contributed by atoms with Gasteiger partial charge >= 0.3 is 0 Å². The van der Waals surface area contributed by atoms with Crippen LogP contribution in [0.1, 0.15) is 113 Å². The predicted octanol–water partition coefficient (Wildman–Crippen LogP) is 23.0. The number of benzene rings is 13. The van der Waals surface area contributed by atoms with E-state index in [4.69, 9.17) is 0 Å². The Morgan fingerprint density at radius 2 is 0.740 bits per heavy atom. The minimum Gasteiger partial charge on any atom is -0.334 e. The molecule has 6 aliphatic rings. The molecule has 2 unspecified atom stereocenters. The van der Waals surface area contributed by atoms with Crippen LogP contribution in [0.25, 0.3) is 106 Å². The molecule has 2 heteroatoms. The molecule has 0 heterocycles. The summed E-state index contributed by atoms with van der Waals surface area (Å²) in [6, 6.07) is 97.9. The second-order valence-corrected chi connectivity index (χ2v) is 30.2. The predicted molar refractivity (Wildman–Crippen MR) is 406 cm³/mol. The summed E-state index contributed by atoms with van der Waals surface area (Å²) in [5.41, 5.74) is 31.0. The van der Waals surface area contributed by atoms with E-state index in [0.717, 1.165) is 18.5 Å². The molecule has 0 spiro atoms. The first-order chi connectivity index (χ1) is 46.6. The number of nitrogens with zero attached hydrogens (tertiary/aromatic N) is 2. The molecule has 13 aromatic carbocycles. The van der Waals surface area contributed by atoms with Crippen molar-refractivity contribution in [1.82, 2.24) is 0 Å². The Labute approximate surface area is 564 Å². The fraction of sp³-hybridized carbons (Fsp3) is 0.170. The second-order valence-electron chi connectivity index (χ2n) is 30.2. The van der Waals surface area contributed by atoms with E-state index in [9.17, 15) is 0 Å². The summed E-state index contributed by atoms with van der Waals surface area (Å²) in [4.78, 5) is 5.34. The first kappa shape index (κ1) is 57.0. The Morgan fingerprint density at radius 1 is 0.323 bits per heavy atom. The van der Waals surface area contributed by atoms with Crippen LogP contribution in [-0.2, 0) is 21.7 Å². The van der Waals surface area contributed by atoms with E-state index < -0.39 is 0 Å². The van der Waals surface area contributed by atoms with Crippen molar-refractivity contribution < 1.29 is 0 Å². The minimum absolute atomic E-state index is 0.0573. The molecule has 0 aromatic heterocycles. The SMILES string of the molecule is CC1(C)c2ccccc2-c2ccc(N(C3=CC=C4c5ccccc5C(C)(C)C4C3)c3ccc4c(-c5cccc6ccccc56)c5c(c(-c6cccc7ccccc67)c4c3)=CCC(N(c3ccc4c(c3)C(C)(C)c3ccccc3-4)c3ccc4c(c3)C(C)(C)c3ccccc3-4)C=5)cc21. The second kappa shape index (κ2) is 20.5. The van der Waals surface area contributed by atoms with Gasteiger partial charge in [0.1, 0.15) is 0 Å². The normalized spacial score (nSPS) is 17.9. The fourth-order valence-electron chi connectivity index (χ4n) is 19.0. The highest BCUT2D eigenvalue weighted by molar-refractivity contribution is 6.14. The van der Waals surface area contributed by atoms with E-state index in [1.165, 1.54) is 171 Å². The third kappa shape index (κ3) is 8.05. The van der Waals surface area contributed by atoms with Crippen LogP contribution < -0.4 is 20.2 Å². The molecule has 0 amide bonds. The van der Waals surface area contributed by atoms with Crippen LogP contribution >= 0.6 is 0 Å². The van der Waals surface area contributed by atoms with Crippen molar-refractivity contribution in [2.75, 3.05) is 9.80 Å². The Kier molecular flexibility index (Phi) is 12.2. The van der Waals surface area contributed by atoms with Crippen molar-refractivity contribution in [1.29, 1.82) is 0 Å². The van der Waals surface area contributed by atoms with Gasteiger partial charge < -0.3 is 9.80 Å². The van der Waals surface area contributed by atoms with Gasteiger partial charge in [-0.25, -0.2) is 0 Å². The van der Waals surface area contributed by atoms with Crippen LogP contribution in [0.15, 0.2) is 273 Å². The third-order valence-corrected chi connectivity index (χ3v) is 23.9. The topological polar surface area (TPSA) is 6.48 Å². The highest BCUT2D eigenvalue weighted by Crippen LogP contribution is 2.58. The maximum absolute atomic E-state index is 2.70. The van der Waals surface area contributed by atoms with Gasteiger partial charge in [0.15, 0.2) is 0 Å². The van der Waals surface area contributed by atoms with Gasteiger partial charge in [0.2, 0.25) is 0 Å². The highest BCUT2D eigenvalue weighted by Gasteiger charge is 2.45. The monoisotopic (exact) mass is 1230 g/mol. The number of anilines is 4. The highest BCUT2D eigenvalue weighted by atomic mass is 15.2. The first-order valence-corrected chi connectivity index (χ1v) is 34.8. The average molecular weight is 1230 g/mol. The number of allylic oxidation sites excluding steroid dienone is 4. The van der Waals surface area contributed by atoms with Gasteiger partial charge in [-0.15, -0.1) is 0 Å². The summed E-state index contributed by atoms with van der Waals surface area (Å²) >= 11 is 0. The van der Waals surface area contributed by atoms with Gasteiger partial charge in [-0.3, -0.25) is 0 Å². The molecule has 19 rings (SSSR count). The van der Waals surface area contributed by atoms with E-state index in [1.807, 2.05) is 0 Å². The molecule has 462 valence electrons. The lowest BCUT2D eigenvalue weighted by Crippen LogP contribution is -2.40. The smallest absolute Gasteiger partial charge is 0.0566 e. The number of hydrogen-bond donors (Lipinski definition) is 0. The zero-order valence-corrected chi connectivity index (χ0v) is 56.0. The van der Waals surface area contributed by atoms with Crippen molar-refractivity contribution in [3.63, 3.8) is 0 Å². The van der Waals surface area contributed by atoms with Crippen LogP contribution in [0.3, 0.4) is 0 Å². The maximum atomic E-state index is 2.70. The van der Waals surface area contributed by atoms with Gasteiger partial charge in [0, 0.05) is 44.7 Å². The lowest BCUT2D eigenvalue weighted by molar-refractivity contribution is 0.406. The summed E-state index contributed by atoms with van der Waals surface area (Å²) in [5, 5.41) is 9.99. The molecular weight excluding hydrogens is 1160 g/mol. The van der Waals surface area contributed by atoms with Crippen LogP contribution in [0.4, 0.5) is 22.7 Å². The summed E-state index contributed by atoms with van der Waals surface area (Å²) in [7, 11) is 0. The van der Waals surface area contributed by atoms with E-state index >= 15 is 0 Å². The van der Waals surface area contributed by atoms with Crippen LogP contribution in [-0.4, -0.2) is 6.04 Å². The van der Waals surface area contributed by atoms with E-state index in [1.54, 1.807) is 0 Å². The Morgan fingerprint density at radius 3 is 1.29 bits per heavy atom. The van der Waals surface area contributed by atoms with Crippen molar-refractivity contribution >= 4 is 72.8 Å². The van der Waals surface area contributed by atoms with Crippen molar-refractivity contribution in [3.05, 3.63) is 328 Å². The van der Waals surface area contributed by atoms with E-state index in [-0.39, 0.29) is 27.7 Å². The molecule has 0 radical (unpaired) electrons. The van der Waals surface area contributed by atoms with Crippen molar-refractivity contribution in [3.8, 4) is 55.6 Å². The molecule has 96 heavy (non-hydrogen) atoms. The van der Waals surface area contributed by atoms with Crippen LogP contribution in [0, 0.1) is 5.92 Å². The zero-order chi connectivity index (χ0) is 64.7. The minimum atomic E-state index is -0.181. The Hall–Kier alpha value is -10.5. The lowest BCUT2D eigenvalue weighted by atomic mass is 9.73. The van der Waals surface area contributed by atoms with Gasteiger partial charge in [-0.05, 0) is 227 Å². The summed E-state index contributed by atoms with van der Waals surface area (Å²) in [5.74, 6) is 0.307. The number of rotatable bonds is 8. The largest absolute Gasteiger partial charge is 0.334 e. The van der Waals surface area contributed by atoms with Crippen LogP contribution in [0.2, 0.25) is 0 Å². The van der Waals surface area contributed by atoms with Gasteiger partial charge in [0.25, 0.3) is 0 Å². The lowest BCUT2D eigenvalue weighted by Gasteiger charge is -2.37. The summed E-state index contributed by atoms with van der Waals surface area (Å²) in [6.45, 7) is 19.4. The molecule has 2 nitrogen and oxygen atoms in total. The number of fused-ring (bicyclic) bond motifs is 16. The molecule has 0 saturated carbocycles. The van der Waals surface area contributed by atoms with Crippen molar-refractivity contribution in [2.45, 2.75) is 95.9 Å². The van der Waals surface area contributed by atoms with Gasteiger partial charge in [-0.2, -0.15) is 0 Å². The standard InChI is InChI=1S/C94H76N2/c1-91(2)81-35-17-13-29-67(81)71-45-39-61(53-85(71)91)95(62-40-46-72-68-30-14-18-36-82(68)92(3,4)86(72)54-62)59-43-49-77-79(51-59)89(75-33-21-25-57-23-9-11-27-65(57)75)78-50-44-60(52-80(78)90(77)76-34-22-26-58-24-10-12-28-66(58)76)96(63-41-47-73-69-31-15-19-37-83(69)93(5,6)87(73)55-63)64-42-48-74-70-32-16-20-38-84(70)94(7,8)88(74)56-64/h9-43,45-53,55-56,60,86H,44,54H2,1-8H3. The zero-order valence-electron chi connectivity index (χ0n) is 56.0. The molecular formula is C94H76N2. The summed E-state index contributed by atoms with van der Waals surface area (Å²) in [6.07, 6.45) is 11.9. The number of hydrogen-bond acceptors (Lipinski definition) is 2. The van der Waals surface area contributed by atoms with E-state index in [2.05, 4.69) is 344 Å². The molecule has 2 atom stereocenters. The van der Waals surface area contributed by atoms with Crippen molar-refractivity contribution in [2.24, 2.45) is 5.92 Å². The molecule has 0 fully saturated rings. The van der Waals surface area contributed by atoms with Gasteiger partial charge in [-0.1, -0.05) is 280 Å². The molecule has 0 N–H and O–H groups in total. The Bertz CT molecular complexity index is 5640. The van der Waals surface area contributed by atoms with Crippen LogP contribution in [0.5, 0.6) is 0 Å². The van der Waals surface area contributed by atoms with E-state index in [0.29, 0.717) is 5.92 Å². The molecule has 0 saturated heterocycles.